The van der Waals surface area contributed by atoms with Crippen molar-refractivity contribution >= 4 is 28.2 Å². The molecule has 2 aliphatic rings. The van der Waals surface area contributed by atoms with Crippen molar-refractivity contribution in [2.24, 2.45) is 5.92 Å². The predicted molar refractivity (Wildman–Crippen MR) is 122 cm³/mol. The first-order valence-corrected chi connectivity index (χ1v) is 11.4. The molecule has 0 unspecified atom stereocenters. The molecule has 0 saturated carbocycles. The van der Waals surface area contributed by atoms with Crippen LogP contribution in [-0.2, 0) is 12.8 Å². The second-order valence-electron chi connectivity index (χ2n) is 8.43. The number of hydrogen-bond donors (Lipinski definition) is 2. The maximum absolute atomic E-state index is 12.9. The van der Waals surface area contributed by atoms with Gasteiger partial charge in [0.1, 0.15) is 16.9 Å². The fourth-order valence-electron chi connectivity index (χ4n) is 4.21. The van der Waals surface area contributed by atoms with Crippen LogP contribution in [0, 0.1) is 12.8 Å². The lowest BCUT2D eigenvalue weighted by Gasteiger charge is -2.27. The van der Waals surface area contributed by atoms with Gasteiger partial charge in [-0.1, -0.05) is 36.8 Å². The maximum Gasteiger partial charge on any atom is 0.343 e. The normalized spacial score (nSPS) is 19.6. The van der Waals surface area contributed by atoms with Crippen LogP contribution in [0.2, 0.25) is 0 Å². The Labute approximate surface area is 185 Å². The van der Waals surface area contributed by atoms with Gasteiger partial charge in [-0.15, -0.1) is 11.3 Å². The van der Waals surface area contributed by atoms with E-state index in [1.165, 1.54) is 10.4 Å². The van der Waals surface area contributed by atoms with Gasteiger partial charge in [-0.25, -0.2) is 4.79 Å². The summed E-state index contributed by atoms with van der Waals surface area (Å²) >= 11 is 1.71. The second kappa shape index (κ2) is 7.85. The van der Waals surface area contributed by atoms with E-state index in [0.29, 0.717) is 17.2 Å². The molecule has 1 aliphatic carbocycles. The number of anilines is 1. The van der Waals surface area contributed by atoms with Crippen molar-refractivity contribution in [3.63, 3.8) is 0 Å². The number of carbonyl (C=O) groups is 2. The lowest BCUT2D eigenvalue weighted by atomic mass is 9.88. The Balaban J connectivity index is 1.31. The van der Waals surface area contributed by atoms with Crippen LogP contribution in [0.1, 0.15) is 61.8 Å². The van der Waals surface area contributed by atoms with Gasteiger partial charge in [-0.2, -0.15) is 0 Å². The average molecular weight is 433 g/mol. The van der Waals surface area contributed by atoms with Gasteiger partial charge in [0.25, 0.3) is 5.91 Å². The number of thiophene rings is 1. The molecule has 6 heteroatoms. The summed E-state index contributed by atoms with van der Waals surface area (Å²) in [5.41, 5.74) is 4.56. The minimum Gasteiger partial charge on any atom is -0.423 e. The quantitative estimate of drug-likeness (QED) is 0.438. The number of hydrogen-bond acceptors (Lipinski definition) is 5. The number of aryl methyl sites for hydroxylation is 1. The Morgan fingerprint density at radius 2 is 1.81 bits per heavy atom. The summed E-state index contributed by atoms with van der Waals surface area (Å²) in [7, 11) is 0. The van der Waals surface area contributed by atoms with Crippen LogP contribution in [0.3, 0.4) is 0 Å². The molecule has 3 aromatic rings. The summed E-state index contributed by atoms with van der Waals surface area (Å²) in [6, 6.07) is 14.5. The van der Waals surface area contributed by atoms with Crippen molar-refractivity contribution in [3.8, 4) is 5.75 Å². The lowest BCUT2D eigenvalue weighted by Crippen LogP contribution is -2.38. The van der Waals surface area contributed by atoms with E-state index in [1.807, 2.05) is 31.2 Å². The van der Waals surface area contributed by atoms with Gasteiger partial charge in [0, 0.05) is 4.88 Å². The second-order valence-corrected chi connectivity index (χ2v) is 9.54. The molecule has 0 fully saturated rings. The topological polar surface area (TPSA) is 67.4 Å². The van der Waals surface area contributed by atoms with Crippen molar-refractivity contribution in [1.82, 2.24) is 5.32 Å². The van der Waals surface area contributed by atoms with Crippen LogP contribution >= 0.6 is 11.3 Å². The van der Waals surface area contributed by atoms with E-state index >= 15 is 0 Å². The SMILES string of the molecule is Cc1ccc(C(=O)Oc2ccc([C@@H]3NC(=O)c4c(sc5c4CC[C@H](C)C5)N3)cc2)cc1. The van der Waals surface area contributed by atoms with E-state index in [0.717, 1.165) is 41.0 Å². The third-order valence-corrected chi connectivity index (χ3v) is 7.19. The Bertz CT molecular complexity index is 1150. The van der Waals surface area contributed by atoms with Crippen LogP contribution < -0.4 is 15.4 Å². The first kappa shape index (κ1) is 19.8. The molecule has 1 aromatic heterocycles. The Morgan fingerprint density at radius 3 is 2.55 bits per heavy atom. The highest BCUT2D eigenvalue weighted by molar-refractivity contribution is 7.16. The van der Waals surface area contributed by atoms with E-state index in [2.05, 4.69) is 17.6 Å². The van der Waals surface area contributed by atoms with Crippen molar-refractivity contribution < 1.29 is 14.3 Å². The number of ether oxygens (including phenoxy) is 1. The van der Waals surface area contributed by atoms with Gasteiger partial charge >= 0.3 is 5.97 Å². The largest absolute Gasteiger partial charge is 0.423 e. The third kappa shape index (κ3) is 3.83. The van der Waals surface area contributed by atoms with Crippen molar-refractivity contribution in [3.05, 3.63) is 81.2 Å². The fraction of sp³-hybridized carbons (Fsp3) is 0.280. The third-order valence-electron chi connectivity index (χ3n) is 6.00. The average Bonchev–Trinajstić information content (AvgIpc) is 3.12. The summed E-state index contributed by atoms with van der Waals surface area (Å²) < 4.78 is 5.48. The number of esters is 1. The van der Waals surface area contributed by atoms with Gasteiger partial charge in [-0.05, 0) is 67.5 Å². The zero-order valence-corrected chi connectivity index (χ0v) is 18.3. The van der Waals surface area contributed by atoms with Crippen LogP contribution in [0.5, 0.6) is 5.75 Å². The minimum absolute atomic E-state index is 0.0133. The predicted octanol–water partition coefficient (Wildman–Crippen LogP) is 5.25. The molecule has 2 heterocycles. The molecule has 5 rings (SSSR count). The smallest absolute Gasteiger partial charge is 0.343 e. The van der Waals surface area contributed by atoms with Crippen molar-refractivity contribution in [2.75, 3.05) is 5.32 Å². The molecule has 1 amide bonds. The summed E-state index contributed by atoms with van der Waals surface area (Å²) in [5.74, 6) is 0.736. The minimum atomic E-state index is -0.389. The molecular formula is C25H24N2O3S. The molecule has 0 radical (unpaired) electrons. The summed E-state index contributed by atoms with van der Waals surface area (Å²) in [6.07, 6.45) is 2.85. The molecular weight excluding hydrogens is 408 g/mol. The van der Waals surface area contributed by atoms with E-state index in [1.54, 1.807) is 35.6 Å². The molecule has 1 aliphatic heterocycles. The molecule has 31 heavy (non-hydrogen) atoms. The molecule has 2 aromatic carbocycles. The molecule has 0 bridgehead atoms. The van der Waals surface area contributed by atoms with Gasteiger partial charge in [0.05, 0.1) is 11.1 Å². The van der Waals surface area contributed by atoms with E-state index < -0.39 is 0 Å². The highest BCUT2D eigenvalue weighted by atomic mass is 32.1. The number of amides is 1. The first-order chi connectivity index (χ1) is 15.0. The summed E-state index contributed by atoms with van der Waals surface area (Å²) in [6.45, 7) is 4.24. The zero-order valence-electron chi connectivity index (χ0n) is 17.5. The number of nitrogens with one attached hydrogen (secondary N) is 2. The molecule has 5 nitrogen and oxygen atoms in total. The summed E-state index contributed by atoms with van der Waals surface area (Å²) in [4.78, 5) is 26.5. The monoisotopic (exact) mass is 432 g/mol. The Morgan fingerprint density at radius 1 is 1.06 bits per heavy atom. The highest BCUT2D eigenvalue weighted by Crippen LogP contribution is 2.42. The number of fused-ring (bicyclic) bond motifs is 3. The Kier molecular flexibility index (Phi) is 5.02. The van der Waals surface area contributed by atoms with E-state index in [9.17, 15) is 9.59 Å². The molecule has 158 valence electrons. The number of carbonyl (C=O) groups excluding carboxylic acids is 2. The lowest BCUT2D eigenvalue weighted by molar-refractivity contribution is 0.0734. The first-order valence-electron chi connectivity index (χ1n) is 10.6. The van der Waals surface area contributed by atoms with E-state index in [4.69, 9.17) is 4.74 Å². The molecule has 0 saturated heterocycles. The van der Waals surface area contributed by atoms with Crippen LogP contribution in [-0.4, -0.2) is 11.9 Å². The van der Waals surface area contributed by atoms with Crippen LogP contribution in [0.15, 0.2) is 48.5 Å². The molecule has 2 N–H and O–H groups in total. The van der Waals surface area contributed by atoms with Gasteiger partial charge < -0.3 is 15.4 Å². The standard InChI is InChI=1S/C25H24N2O3S/c1-14-3-6-17(7-4-14)25(29)30-18-10-8-16(9-11-18)22-26-23(28)21-19-12-5-15(2)13-20(19)31-24(21)27-22/h3-4,6-11,15,22,27H,5,12-13H2,1-2H3,(H,26,28)/t15-,22+/m0/s1. The van der Waals surface area contributed by atoms with Gasteiger partial charge in [0.15, 0.2) is 0 Å². The van der Waals surface area contributed by atoms with Gasteiger partial charge in [-0.3, -0.25) is 4.79 Å². The van der Waals surface area contributed by atoms with Gasteiger partial charge in [0.2, 0.25) is 0 Å². The number of benzene rings is 2. The summed E-state index contributed by atoms with van der Waals surface area (Å²) in [5, 5.41) is 7.52. The fourth-order valence-corrected chi connectivity index (χ4v) is 5.65. The molecule has 2 atom stereocenters. The molecule has 0 spiro atoms. The number of rotatable bonds is 3. The van der Waals surface area contributed by atoms with Crippen molar-refractivity contribution in [2.45, 2.75) is 39.3 Å². The van der Waals surface area contributed by atoms with Crippen LogP contribution in [0.4, 0.5) is 5.00 Å². The van der Waals surface area contributed by atoms with E-state index in [-0.39, 0.29) is 18.0 Å². The highest BCUT2D eigenvalue weighted by Gasteiger charge is 2.33. The zero-order chi connectivity index (χ0) is 21.5. The van der Waals surface area contributed by atoms with Crippen LogP contribution in [0.25, 0.3) is 0 Å². The maximum atomic E-state index is 12.9. The Hall–Kier alpha value is -3.12. The van der Waals surface area contributed by atoms with Crippen molar-refractivity contribution in [1.29, 1.82) is 0 Å².